The van der Waals surface area contributed by atoms with E-state index in [2.05, 4.69) is 4.98 Å². The maximum Gasteiger partial charge on any atom is 0.373 e. The van der Waals surface area contributed by atoms with E-state index >= 15 is 0 Å². The zero-order chi connectivity index (χ0) is 13.1. The summed E-state index contributed by atoms with van der Waals surface area (Å²) in [6, 6.07) is 0. The average molecular weight is 241 g/mol. The topological polar surface area (TPSA) is 72.6 Å². The molecule has 0 aliphatic carbocycles. The Hall–Kier alpha value is -1.36. The highest BCUT2D eigenvalue weighted by Gasteiger charge is 2.32. The molecule has 0 radical (unpaired) electrons. The van der Waals surface area contributed by atoms with Gasteiger partial charge in [-0.05, 0) is 19.8 Å². The van der Waals surface area contributed by atoms with Crippen LogP contribution in [0.1, 0.15) is 55.8 Å². The quantitative estimate of drug-likeness (QED) is 0.828. The molecule has 0 aliphatic heterocycles. The summed E-state index contributed by atoms with van der Waals surface area (Å²) in [5, 5.41) is 9.04. The Labute approximate surface area is 101 Å². The van der Waals surface area contributed by atoms with E-state index in [4.69, 9.17) is 14.3 Å². The number of aromatic nitrogens is 1. The molecule has 0 aliphatic rings. The normalized spacial score (nSPS) is 14.6. The Morgan fingerprint density at radius 3 is 2.59 bits per heavy atom. The maximum absolute atomic E-state index is 11.0. The SMILES string of the molecule is CCCc1nc(C(C)(CC)OC)oc1C(=O)O. The fourth-order valence-corrected chi connectivity index (χ4v) is 1.53. The Kier molecular flexibility index (Phi) is 4.28. The first-order chi connectivity index (χ1) is 7.98. The van der Waals surface area contributed by atoms with Crippen LogP contribution in [0.4, 0.5) is 0 Å². The lowest BCUT2D eigenvalue weighted by molar-refractivity contribution is -0.0242. The summed E-state index contributed by atoms with van der Waals surface area (Å²) < 4.78 is 10.7. The summed E-state index contributed by atoms with van der Waals surface area (Å²) in [6.07, 6.45) is 2.07. The summed E-state index contributed by atoms with van der Waals surface area (Å²) in [5.74, 6) is -0.816. The highest BCUT2D eigenvalue weighted by molar-refractivity contribution is 5.85. The van der Waals surface area contributed by atoms with Crippen molar-refractivity contribution in [3.05, 3.63) is 17.3 Å². The lowest BCUT2D eigenvalue weighted by Crippen LogP contribution is -2.23. The zero-order valence-corrected chi connectivity index (χ0v) is 10.7. The first-order valence-corrected chi connectivity index (χ1v) is 5.77. The van der Waals surface area contributed by atoms with Crippen molar-refractivity contribution in [2.45, 2.75) is 45.6 Å². The first kappa shape index (κ1) is 13.7. The maximum atomic E-state index is 11.0. The Balaban J connectivity index is 3.19. The summed E-state index contributed by atoms with van der Waals surface area (Å²) in [4.78, 5) is 15.3. The van der Waals surface area contributed by atoms with E-state index in [1.54, 1.807) is 7.11 Å². The molecule has 0 saturated heterocycles. The first-order valence-electron chi connectivity index (χ1n) is 5.77. The van der Waals surface area contributed by atoms with Crippen molar-refractivity contribution in [2.24, 2.45) is 0 Å². The summed E-state index contributed by atoms with van der Waals surface area (Å²) >= 11 is 0. The number of methoxy groups -OCH3 is 1. The molecule has 1 aromatic heterocycles. The lowest BCUT2D eigenvalue weighted by Gasteiger charge is -2.22. The largest absolute Gasteiger partial charge is 0.475 e. The highest BCUT2D eigenvalue weighted by Crippen LogP contribution is 2.29. The molecule has 96 valence electrons. The van der Waals surface area contributed by atoms with Crippen molar-refractivity contribution >= 4 is 5.97 Å². The third-order valence-corrected chi connectivity index (χ3v) is 2.96. The molecule has 1 aromatic rings. The van der Waals surface area contributed by atoms with Gasteiger partial charge in [0.1, 0.15) is 5.60 Å². The second kappa shape index (κ2) is 5.31. The van der Waals surface area contributed by atoms with Gasteiger partial charge in [-0.15, -0.1) is 0 Å². The number of hydrogen-bond donors (Lipinski definition) is 1. The standard InChI is InChI=1S/C12H19NO4/c1-5-7-8-9(10(14)15)17-11(13-8)12(3,6-2)16-4/h5-7H2,1-4H3,(H,14,15). The number of carbonyl (C=O) groups is 1. The molecule has 0 bridgehead atoms. The number of carboxylic acid groups (broad SMARTS) is 1. The molecule has 1 atom stereocenters. The molecule has 0 amide bonds. The number of carboxylic acids is 1. The van der Waals surface area contributed by atoms with Gasteiger partial charge in [-0.1, -0.05) is 20.3 Å². The van der Waals surface area contributed by atoms with E-state index in [1.807, 2.05) is 20.8 Å². The second-order valence-electron chi connectivity index (χ2n) is 4.14. The predicted molar refractivity (Wildman–Crippen MR) is 62.1 cm³/mol. The van der Waals surface area contributed by atoms with Gasteiger partial charge in [0.05, 0.1) is 5.69 Å². The van der Waals surface area contributed by atoms with E-state index < -0.39 is 11.6 Å². The minimum atomic E-state index is -1.08. The Bertz CT molecular complexity index is 393. The molecule has 5 heteroatoms. The van der Waals surface area contributed by atoms with Gasteiger partial charge in [-0.25, -0.2) is 9.78 Å². The third kappa shape index (κ3) is 2.66. The Morgan fingerprint density at radius 2 is 2.18 bits per heavy atom. The van der Waals surface area contributed by atoms with Crippen LogP contribution in [0.3, 0.4) is 0 Å². The molecule has 0 fully saturated rings. The molecule has 0 aromatic carbocycles. The molecule has 17 heavy (non-hydrogen) atoms. The second-order valence-corrected chi connectivity index (χ2v) is 4.14. The van der Waals surface area contributed by atoms with Gasteiger partial charge < -0.3 is 14.3 Å². The van der Waals surface area contributed by atoms with Gasteiger partial charge in [0, 0.05) is 7.11 Å². The molecule has 1 rings (SSSR count). The van der Waals surface area contributed by atoms with Gasteiger partial charge in [-0.2, -0.15) is 0 Å². The van der Waals surface area contributed by atoms with Gasteiger partial charge in [0.2, 0.25) is 11.7 Å². The summed E-state index contributed by atoms with van der Waals surface area (Å²) in [5.41, 5.74) is -0.178. The van der Waals surface area contributed by atoms with Crippen LogP contribution in [0.2, 0.25) is 0 Å². The molecule has 0 saturated carbocycles. The van der Waals surface area contributed by atoms with E-state index in [0.29, 0.717) is 24.4 Å². The van der Waals surface area contributed by atoms with Crippen LogP contribution >= 0.6 is 0 Å². The van der Waals surface area contributed by atoms with Crippen molar-refractivity contribution in [1.82, 2.24) is 4.98 Å². The number of nitrogens with zero attached hydrogens (tertiary/aromatic N) is 1. The number of hydrogen-bond acceptors (Lipinski definition) is 4. The summed E-state index contributed by atoms with van der Waals surface area (Å²) in [7, 11) is 1.56. The van der Waals surface area contributed by atoms with Gasteiger partial charge in [0.15, 0.2) is 0 Å². The van der Waals surface area contributed by atoms with Crippen LogP contribution in [0.15, 0.2) is 4.42 Å². The van der Waals surface area contributed by atoms with E-state index in [-0.39, 0.29) is 5.76 Å². The van der Waals surface area contributed by atoms with Crippen molar-refractivity contribution in [3.8, 4) is 0 Å². The van der Waals surface area contributed by atoms with E-state index in [9.17, 15) is 4.79 Å². The highest BCUT2D eigenvalue weighted by atomic mass is 16.5. The smallest absolute Gasteiger partial charge is 0.373 e. The Morgan fingerprint density at radius 1 is 1.53 bits per heavy atom. The third-order valence-electron chi connectivity index (χ3n) is 2.96. The van der Waals surface area contributed by atoms with Crippen LogP contribution in [0.25, 0.3) is 0 Å². The molecule has 5 nitrogen and oxygen atoms in total. The number of ether oxygens (including phenoxy) is 1. The minimum Gasteiger partial charge on any atom is -0.475 e. The van der Waals surface area contributed by atoms with Crippen LogP contribution in [0.5, 0.6) is 0 Å². The average Bonchev–Trinajstić information content (AvgIpc) is 2.73. The van der Waals surface area contributed by atoms with Crippen molar-refractivity contribution in [2.75, 3.05) is 7.11 Å². The van der Waals surface area contributed by atoms with E-state index in [0.717, 1.165) is 6.42 Å². The van der Waals surface area contributed by atoms with Crippen molar-refractivity contribution < 1.29 is 19.1 Å². The minimum absolute atomic E-state index is 0.0708. The fourth-order valence-electron chi connectivity index (χ4n) is 1.53. The monoisotopic (exact) mass is 241 g/mol. The van der Waals surface area contributed by atoms with Crippen LogP contribution in [-0.2, 0) is 16.8 Å². The van der Waals surface area contributed by atoms with Gasteiger partial charge in [-0.3, -0.25) is 0 Å². The van der Waals surface area contributed by atoms with Crippen molar-refractivity contribution in [3.63, 3.8) is 0 Å². The fraction of sp³-hybridized carbons (Fsp3) is 0.667. The lowest BCUT2D eigenvalue weighted by atomic mass is 10.0. The summed E-state index contributed by atoms with van der Waals surface area (Å²) in [6.45, 7) is 5.74. The predicted octanol–water partition coefficient (Wildman–Crippen LogP) is 2.60. The van der Waals surface area contributed by atoms with Crippen LogP contribution in [-0.4, -0.2) is 23.2 Å². The zero-order valence-electron chi connectivity index (χ0n) is 10.7. The molecular weight excluding hydrogens is 222 g/mol. The van der Waals surface area contributed by atoms with Gasteiger partial charge >= 0.3 is 5.97 Å². The number of aromatic carboxylic acids is 1. The molecule has 1 unspecified atom stereocenters. The van der Waals surface area contributed by atoms with Crippen LogP contribution < -0.4 is 0 Å². The number of oxazole rings is 1. The number of rotatable bonds is 6. The van der Waals surface area contributed by atoms with Crippen LogP contribution in [0, 0.1) is 0 Å². The van der Waals surface area contributed by atoms with Gasteiger partial charge in [0.25, 0.3) is 0 Å². The molecule has 0 spiro atoms. The number of aryl methyl sites for hydroxylation is 1. The molecule has 1 N–H and O–H groups in total. The molecular formula is C12H19NO4. The van der Waals surface area contributed by atoms with Crippen molar-refractivity contribution in [1.29, 1.82) is 0 Å². The van der Waals surface area contributed by atoms with E-state index in [1.165, 1.54) is 0 Å². The molecule has 1 heterocycles.